The van der Waals surface area contributed by atoms with Gasteiger partial charge < -0.3 is 14.9 Å². The summed E-state index contributed by atoms with van der Waals surface area (Å²) in [7, 11) is 0. The van der Waals surface area contributed by atoms with Crippen molar-refractivity contribution in [3.63, 3.8) is 0 Å². The summed E-state index contributed by atoms with van der Waals surface area (Å²) in [5.74, 6) is -1.16. The van der Waals surface area contributed by atoms with Crippen molar-refractivity contribution in [2.24, 2.45) is 0 Å². The molecule has 0 unspecified atom stereocenters. The van der Waals surface area contributed by atoms with Crippen LogP contribution in [0, 0.1) is 11.6 Å². The molecule has 2 atom stereocenters. The first-order valence-corrected chi connectivity index (χ1v) is 7.89. The van der Waals surface area contributed by atoms with E-state index in [4.69, 9.17) is 14.4 Å². The van der Waals surface area contributed by atoms with E-state index in [0.717, 1.165) is 32.4 Å². The number of aromatic amines is 1. The summed E-state index contributed by atoms with van der Waals surface area (Å²) in [5, 5.41) is 13.1. The zero-order chi connectivity index (χ0) is 18.4. The van der Waals surface area contributed by atoms with Crippen LogP contribution in [0.2, 0.25) is 0 Å². The lowest BCUT2D eigenvalue weighted by Gasteiger charge is -2.29. The summed E-state index contributed by atoms with van der Waals surface area (Å²) in [6.07, 6.45) is 2.17. The van der Waals surface area contributed by atoms with Gasteiger partial charge in [-0.25, -0.2) is 8.78 Å². The van der Waals surface area contributed by atoms with Gasteiger partial charge in [0.2, 0.25) is 0 Å². The number of halogens is 2. The monoisotopic (exact) mass is 354 g/mol. The fourth-order valence-corrected chi connectivity index (χ4v) is 2.93. The van der Waals surface area contributed by atoms with Crippen LogP contribution in [-0.2, 0) is 11.2 Å². The van der Waals surface area contributed by atoms with E-state index < -0.39 is 17.6 Å². The molecule has 3 N–H and O–H groups in total. The average molecular weight is 354 g/mol. The molecule has 1 fully saturated rings. The Kier molecular flexibility index (Phi) is 6.46. The van der Waals surface area contributed by atoms with Crippen molar-refractivity contribution < 1.29 is 23.2 Å². The molecule has 0 amide bonds. The second-order valence-electron chi connectivity index (χ2n) is 5.99. The third-order valence-corrected chi connectivity index (χ3v) is 3.84. The van der Waals surface area contributed by atoms with Crippen LogP contribution in [0.15, 0.2) is 33.6 Å². The van der Waals surface area contributed by atoms with Gasteiger partial charge in [-0.1, -0.05) is 0 Å². The molecule has 1 aliphatic rings. The van der Waals surface area contributed by atoms with E-state index in [1.165, 1.54) is 18.2 Å². The molecule has 6 nitrogen and oxygen atoms in total. The normalized spacial score (nSPS) is 19.8. The molecule has 2 heterocycles. The van der Waals surface area contributed by atoms with E-state index in [1.54, 1.807) is 0 Å². The number of carbonyl (C=O) groups is 1. The highest BCUT2D eigenvalue weighted by atomic mass is 19.1. The zero-order valence-corrected chi connectivity index (χ0v) is 13.7. The molecular weight excluding hydrogens is 334 g/mol. The minimum Gasteiger partial charge on any atom is -0.481 e. The van der Waals surface area contributed by atoms with Crippen LogP contribution in [0.3, 0.4) is 0 Å². The maximum absolute atomic E-state index is 13.2. The van der Waals surface area contributed by atoms with E-state index >= 15 is 0 Å². The zero-order valence-electron chi connectivity index (χ0n) is 13.7. The largest absolute Gasteiger partial charge is 0.481 e. The summed E-state index contributed by atoms with van der Waals surface area (Å²) in [4.78, 5) is 20.1. The van der Waals surface area contributed by atoms with E-state index in [2.05, 4.69) is 10.5 Å². The van der Waals surface area contributed by atoms with E-state index in [1.807, 2.05) is 0 Å². The van der Waals surface area contributed by atoms with Gasteiger partial charge in [0.25, 0.3) is 11.5 Å². The standard InChI is InChI=1S/C15H16F2N2O2.C2H4O2/c16-11-3-9(4-12(17)7-11)5-13-6-10(1-2-18-13)14-8-15(20)19-21-14;1-2(3)4/h3-4,7-8,10,13,18H,1-2,5-6H2,(H,19,20);1H3,(H,3,4)/t10-,13+;/m1./s1. The summed E-state index contributed by atoms with van der Waals surface area (Å²) < 4.78 is 31.6. The highest BCUT2D eigenvalue weighted by Gasteiger charge is 2.25. The first-order valence-electron chi connectivity index (χ1n) is 7.89. The number of H-pyrrole nitrogens is 1. The van der Waals surface area contributed by atoms with Crippen molar-refractivity contribution in [3.05, 3.63) is 57.6 Å². The molecule has 3 rings (SSSR count). The second kappa shape index (κ2) is 8.57. The summed E-state index contributed by atoms with van der Waals surface area (Å²) in [6, 6.07) is 5.14. The molecule has 1 aromatic heterocycles. The van der Waals surface area contributed by atoms with Gasteiger partial charge in [0.05, 0.1) is 0 Å². The lowest BCUT2D eigenvalue weighted by molar-refractivity contribution is -0.134. The van der Waals surface area contributed by atoms with Gasteiger partial charge in [-0.3, -0.25) is 9.59 Å². The summed E-state index contributed by atoms with van der Waals surface area (Å²) in [6.45, 7) is 1.86. The quantitative estimate of drug-likeness (QED) is 0.787. The molecular formula is C17H20F2N2O4. The highest BCUT2D eigenvalue weighted by molar-refractivity contribution is 5.62. The topological polar surface area (TPSA) is 95.3 Å². The molecule has 25 heavy (non-hydrogen) atoms. The molecule has 2 aromatic rings. The number of hydrogen-bond donors (Lipinski definition) is 3. The van der Waals surface area contributed by atoms with Gasteiger partial charge in [-0.2, -0.15) is 5.16 Å². The van der Waals surface area contributed by atoms with Crippen molar-refractivity contribution in [3.8, 4) is 0 Å². The number of nitrogens with one attached hydrogen (secondary N) is 2. The molecule has 8 heteroatoms. The third kappa shape index (κ3) is 6.15. The van der Waals surface area contributed by atoms with Gasteiger partial charge in [-0.05, 0) is 43.5 Å². The van der Waals surface area contributed by atoms with E-state index in [-0.39, 0.29) is 17.5 Å². The molecule has 1 saturated heterocycles. The van der Waals surface area contributed by atoms with Crippen molar-refractivity contribution in [2.45, 2.75) is 38.1 Å². The second-order valence-corrected chi connectivity index (χ2v) is 5.99. The Labute approximate surface area is 142 Å². The Bertz CT molecular complexity index is 748. The van der Waals surface area contributed by atoms with Crippen molar-refractivity contribution >= 4 is 5.97 Å². The Morgan fingerprint density at radius 3 is 2.48 bits per heavy atom. The van der Waals surface area contributed by atoms with E-state index in [9.17, 15) is 13.6 Å². The van der Waals surface area contributed by atoms with E-state index in [0.29, 0.717) is 17.7 Å². The van der Waals surface area contributed by atoms with Crippen LogP contribution in [0.1, 0.15) is 37.0 Å². The van der Waals surface area contributed by atoms with Crippen LogP contribution in [0.4, 0.5) is 8.78 Å². The Morgan fingerprint density at radius 1 is 1.28 bits per heavy atom. The van der Waals surface area contributed by atoms with Crippen molar-refractivity contribution in [2.75, 3.05) is 6.54 Å². The number of aromatic nitrogens is 1. The Morgan fingerprint density at radius 2 is 1.92 bits per heavy atom. The first kappa shape index (κ1) is 18.9. The van der Waals surface area contributed by atoms with Crippen LogP contribution >= 0.6 is 0 Å². The highest BCUT2D eigenvalue weighted by Crippen LogP contribution is 2.28. The van der Waals surface area contributed by atoms with Crippen LogP contribution in [0.25, 0.3) is 0 Å². The molecule has 0 spiro atoms. The maximum Gasteiger partial charge on any atom is 0.300 e. The molecule has 0 saturated carbocycles. The predicted molar refractivity (Wildman–Crippen MR) is 86.5 cm³/mol. The molecule has 0 radical (unpaired) electrons. The van der Waals surface area contributed by atoms with Gasteiger partial charge in [0, 0.05) is 31.0 Å². The van der Waals surface area contributed by atoms with Crippen LogP contribution in [-0.4, -0.2) is 28.8 Å². The Balaban J connectivity index is 0.000000511. The molecule has 1 aromatic carbocycles. The van der Waals surface area contributed by atoms with Gasteiger partial charge in [0.1, 0.15) is 17.4 Å². The third-order valence-electron chi connectivity index (χ3n) is 3.84. The summed E-state index contributed by atoms with van der Waals surface area (Å²) in [5.41, 5.74) is 0.383. The summed E-state index contributed by atoms with van der Waals surface area (Å²) >= 11 is 0. The SMILES string of the molecule is CC(=O)O.O=c1cc([C@@H]2CCN[C@@H](Cc3cc(F)cc(F)c3)C2)o[nH]1. The number of hydrogen-bond acceptors (Lipinski definition) is 4. The molecule has 1 aliphatic heterocycles. The lowest BCUT2D eigenvalue weighted by atomic mass is 9.87. The number of carboxylic acid groups (broad SMARTS) is 1. The predicted octanol–water partition coefficient (Wildman–Crippen LogP) is 2.42. The number of piperidine rings is 1. The molecule has 136 valence electrons. The van der Waals surface area contributed by atoms with Crippen LogP contribution < -0.4 is 10.9 Å². The fraction of sp³-hybridized carbons (Fsp3) is 0.412. The maximum atomic E-state index is 13.2. The van der Waals surface area contributed by atoms with Crippen LogP contribution in [0.5, 0.6) is 0 Å². The van der Waals surface area contributed by atoms with Gasteiger partial charge in [-0.15, -0.1) is 0 Å². The van der Waals surface area contributed by atoms with Crippen molar-refractivity contribution in [1.29, 1.82) is 0 Å². The minimum atomic E-state index is -0.833. The van der Waals surface area contributed by atoms with Gasteiger partial charge in [0.15, 0.2) is 0 Å². The minimum absolute atomic E-state index is 0.102. The number of aliphatic carboxylic acids is 1. The molecule has 0 aliphatic carbocycles. The number of benzene rings is 1. The Hall–Kier alpha value is -2.48. The van der Waals surface area contributed by atoms with Crippen molar-refractivity contribution in [1.82, 2.24) is 10.5 Å². The lowest BCUT2D eigenvalue weighted by Crippen LogP contribution is -2.38. The number of carboxylic acids is 1. The smallest absolute Gasteiger partial charge is 0.300 e. The van der Waals surface area contributed by atoms with Gasteiger partial charge >= 0.3 is 0 Å². The fourth-order valence-electron chi connectivity index (χ4n) is 2.93. The average Bonchev–Trinajstić information content (AvgIpc) is 2.92. The first-order chi connectivity index (χ1) is 11.8. The molecule has 0 bridgehead atoms. The number of rotatable bonds is 3.